The van der Waals surface area contributed by atoms with Gasteiger partial charge in [0.15, 0.2) is 0 Å². The molecule has 2 N–H and O–H groups in total. The van der Waals surface area contributed by atoms with E-state index in [4.69, 9.17) is 5.14 Å². The SMILES string of the molecule is CCc1cc(C)cc(CC)[n+]1-c1nnc(S(N)(=O)=O)s1. The highest BCUT2D eigenvalue weighted by Crippen LogP contribution is 2.16. The van der Waals surface area contributed by atoms with Gasteiger partial charge in [-0.1, -0.05) is 13.8 Å². The Kier molecular flexibility index (Phi) is 4.17. The summed E-state index contributed by atoms with van der Waals surface area (Å²) in [6.07, 6.45) is 1.64. The molecular formula is C12H17N4O2S2+. The first-order chi connectivity index (χ1) is 9.36. The Morgan fingerprint density at radius 1 is 1.20 bits per heavy atom. The van der Waals surface area contributed by atoms with Crippen LogP contribution in [-0.4, -0.2) is 18.6 Å². The number of hydrogen-bond acceptors (Lipinski definition) is 5. The van der Waals surface area contributed by atoms with E-state index in [2.05, 4.69) is 22.3 Å². The molecule has 0 spiro atoms. The highest BCUT2D eigenvalue weighted by Gasteiger charge is 2.26. The third kappa shape index (κ3) is 2.87. The van der Waals surface area contributed by atoms with Gasteiger partial charge in [-0.05, 0) is 41.1 Å². The number of hydrogen-bond donors (Lipinski definition) is 1. The molecule has 0 aliphatic rings. The number of nitrogens with two attached hydrogens (primary N) is 1. The molecule has 0 fully saturated rings. The van der Waals surface area contributed by atoms with Crippen LogP contribution in [0.15, 0.2) is 16.5 Å². The van der Waals surface area contributed by atoms with Gasteiger partial charge in [0.05, 0.1) is 5.10 Å². The fourth-order valence-electron chi connectivity index (χ4n) is 2.05. The molecule has 0 bridgehead atoms. The maximum Gasteiger partial charge on any atom is 0.416 e. The fraction of sp³-hybridized carbons (Fsp3) is 0.417. The Hall–Kier alpha value is -1.38. The van der Waals surface area contributed by atoms with Gasteiger partial charge in [0.25, 0.3) is 14.4 Å². The van der Waals surface area contributed by atoms with Crippen molar-refractivity contribution in [1.82, 2.24) is 10.2 Å². The van der Waals surface area contributed by atoms with E-state index < -0.39 is 10.0 Å². The van der Waals surface area contributed by atoms with Gasteiger partial charge in [-0.3, -0.25) is 0 Å². The van der Waals surface area contributed by atoms with Crippen molar-refractivity contribution in [3.63, 3.8) is 0 Å². The summed E-state index contributed by atoms with van der Waals surface area (Å²) < 4.78 is 24.4. The number of nitrogens with zero attached hydrogens (tertiary/aromatic N) is 3. The minimum absolute atomic E-state index is 0.162. The summed E-state index contributed by atoms with van der Waals surface area (Å²) in [7, 11) is -3.81. The van der Waals surface area contributed by atoms with Crippen molar-refractivity contribution in [2.24, 2.45) is 5.14 Å². The van der Waals surface area contributed by atoms with Crippen molar-refractivity contribution < 1.29 is 13.0 Å². The van der Waals surface area contributed by atoms with E-state index in [9.17, 15) is 8.42 Å². The molecule has 0 unspecified atom stereocenters. The van der Waals surface area contributed by atoms with Crippen LogP contribution in [0.3, 0.4) is 0 Å². The highest BCUT2D eigenvalue weighted by molar-refractivity contribution is 7.91. The topological polar surface area (TPSA) is 89.8 Å². The standard InChI is InChI=1S/C12H17N4O2S2/c1-4-9-6-8(3)7-10(5-2)16(9)11-14-15-12(19-11)20(13,17)18/h6-7H,4-5H2,1-3H3,(H2,13,17,18)/q+1. The van der Waals surface area contributed by atoms with E-state index in [0.29, 0.717) is 5.13 Å². The molecule has 2 rings (SSSR count). The highest BCUT2D eigenvalue weighted by atomic mass is 32.2. The van der Waals surface area contributed by atoms with Gasteiger partial charge in [-0.25, -0.2) is 13.6 Å². The van der Waals surface area contributed by atoms with Crippen LogP contribution >= 0.6 is 11.3 Å². The Morgan fingerprint density at radius 2 is 1.75 bits per heavy atom. The van der Waals surface area contributed by atoms with Crippen LogP contribution in [0.4, 0.5) is 0 Å². The minimum Gasteiger partial charge on any atom is -0.222 e. The summed E-state index contributed by atoms with van der Waals surface area (Å²) in [6, 6.07) is 4.13. The summed E-state index contributed by atoms with van der Waals surface area (Å²) in [5.41, 5.74) is 3.31. The summed E-state index contributed by atoms with van der Waals surface area (Å²) in [6.45, 7) is 6.14. The minimum atomic E-state index is -3.81. The van der Waals surface area contributed by atoms with E-state index in [1.165, 1.54) is 5.56 Å². The summed E-state index contributed by atoms with van der Waals surface area (Å²) in [5, 5.41) is 13.3. The predicted octanol–water partition coefficient (Wildman–Crippen LogP) is 0.895. The van der Waals surface area contributed by atoms with Crippen LogP contribution in [0.2, 0.25) is 0 Å². The summed E-state index contributed by atoms with van der Waals surface area (Å²) in [5.74, 6) is 0. The van der Waals surface area contributed by atoms with Crippen molar-refractivity contribution >= 4 is 21.4 Å². The molecule has 0 radical (unpaired) electrons. The van der Waals surface area contributed by atoms with E-state index in [1.807, 2.05) is 25.3 Å². The van der Waals surface area contributed by atoms with E-state index in [1.54, 1.807) is 0 Å². The van der Waals surface area contributed by atoms with Gasteiger partial charge in [0.2, 0.25) is 0 Å². The maximum atomic E-state index is 11.3. The third-order valence-corrected chi connectivity index (χ3v) is 5.14. The molecule has 0 aromatic carbocycles. The molecule has 2 heterocycles. The van der Waals surface area contributed by atoms with Crippen LogP contribution < -0.4 is 9.71 Å². The Bertz CT molecular complexity index is 713. The molecule has 20 heavy (non-hydrogen) atoms. The zero-order chi connectivity index (χ0) is 14.9. The second-order valence-corrected chi connectivity index (χ2v) is 7.14. The Labute approximate surface area is 122 Å². The fourth-order valence-corrected chi connectivity index (χ4v) is 3.54. The van der Waals surface area contributed by atoms with Gasteiger partial charge in [0.1, 0.15) is 11.4 Å². The van der Waals surface area contributed by atoms with Crippen molar-refractivity contribution in [1.29, 1.82) is 0 Å². The van der Waals surface area contributed by atoms with Crippen LogP contribution in [-0.2, 0) is 22.9 Å². The van der Waals surface area contributed by atoms with Gasteiger partial charge in [-0.2, -0.15) is 4.57 Å². The molecule has 0 saturated carbocycles. The molecular weight excluding hydrogens is 296 g/mol. The van der Waals surface area contributed by atoms with Crippen molar-refractivity contribution in [3.8, 4) is 5.13 Å². The van der Waals surface area contributed by atoms with Gasteiger partial charge < -0.3 is 0 Å². The number of rotatable bonds is 4. The zero-order valence-corrected chi connectivity index (χ0v) is 13.3. The quantitative estimate of drug-likeness (QED) is 0.849. The monoisotopic (exact) mass is 313 g/mol. The van der Waals surface area contributed by atoms with Gasteiger partial charge >= 0.3 is 5.13 Å². The van der Waals surface area contributed by atoms with E-state index in [-0.39, 0.29) is 4.34 Å². The van der Waals surface area contributed by atoms with Crippen LogP contribution in [0.5, 0.6) is 0 Å². The number of primary sulfonamides is 1. The molecule has 8 heteroatoms. The largest absolute Gasteiger partial charge is 0.416 e. The number of sulfonamides is 1. The summed E-state index contributed by atoms with van der Waals surface area (Å²) >= 11 is 0.986. The molecule has 0 atom stereocenters. The smallest absolute Gasteiger partial charge is 0.222 e. The average molecular weight is 313 g/mol. The molecule has 0 amide bonds. The van der Waals surface area contributed by atoms with Crippen molar-refractivity contribution in [3.05, 3.63) is 29.1 Å². The van der Waals surface area contributed by atoms with E-state index >= 15 is 0 Å². The van der Waals surface area contributed by atoms with Crippen molar-refractivity contribution in [2.45, 2.75) is 38.0 Å². The molecule has 0 aliphatic carbocycles. The lowest BCUT2D eigenvalue weighted by molar-refractivity contribution is -0.612. The molecule has 0 aliphatic heterocycles. The number of aryl methyl sites for hydroxylation is 3. The average Bonchev–Trinajstić information content (AvgIpc) is 2.86. The Morgan fingerprint density at radius 3 is 2.15 bits per heavy atom. The molecule has 2 aromatic heterocycles. The number of pyridine rings is 1. The molecule has 108 valence electrons. The van der Waals surface area contributed by atoms with Crippen molar-refractivity contribution in [2.75, 3.05) is 0 Å². The molecule has 0 saturated heterocycles. The molecule has 6 nitrogen and oxygen atoms in total. The van der Waals surface area contributed by atoms with Crippen LogP contribution in [0, 0.1) is 6.92 Å². The zero-order valence-electron chi connectivity index (χ0n) is 11.6. The lowest BCUT2D eigenvalue weighted by atomic mass is 10.1. The second kappa shape index (κ2) is 5.55. The van der Waals surface area contributed by atoms with Crippen LogP contribution in [0.25, 0.3) is 5.13 Å². The maximum absolute atomic E-state index is 11.3. The third-order valence-electron chi connectivity index (χ3n) is 2.92. The summed E-state index contributed by atoms with van der Waals surface area (Å²) in [4.78, 5) is 0. The number of aromatic nitrogens is 3. The van der Waals surface area contributed by atoms with Gasteiger partial charge in [0, 0.05) is 12.8 Å². The Balaban J connectivity index is 2.65. The first kappa shape index (κ1) is 15.0. The first-order valence-electron chi connectivity index (χ1n) is 6.28. The lowest BCUT2D eigenvalue weighted by Crippen LogP contribution is -2.40. The normalized spacial score (nSPS) is 11.8. The first-order valence-corrected chi connectivity index (χ1v) is 8.64. The lowest BCUT2D eigenvalue weighted by Gasteiger charge is -2.08. The van der Waals surface area contributed by atoms with Crippen LogP contribution in [0.1, 0.15) is 30.8 Å². The van der Waals surface area contributed by atoms with E-state index in [0.717, 1.165) is 35.6 Å². The van der Waals surface area contributed by atoms with Gasteiger partial charge in [-0.15, -0.1) is 0 Å². The molecule has 2 aromatic rings. The predicted molar refractivity (Wildman–Crippen MR) is 76.3 cm³/mol. The second-order valence-electron chi connectivity index (χ2n) is 4.45.